The zero-order chi connectivity index (χ0) is 20.1. The second kappa shape index (κ2) is 6.54. The first kappa shape index (κ1) is 18.3. The number of para-hydroxylation sites is 1. The lowest BCUT2D eigenvalue weighted by molar-refractivity contribution is -0.274. The van der Waals surface area contributed by atoms with E-state index in [2.05, 4.69) is 15.0 Å². The molecule has 0 aliphatic carbocycles. The van der Waals surface area contributed by atoms with Crippen molar-refractivity contribution >= 4 is 28.1 Å². The average Bonchev–Trinajstić information content (AvgIpc) is 3.05. The Morgan fingerprint density at radius 2 is 1.96 bits per heavy atom. The lowest BCUT2D eigenvalue weighted by Gasteiger charge is -2.24. The van der Waals surface area contributed by atoms with Gasteiger partial charge in [0.2, 0.25) is 0 Å². The summed E-state index contributed by atoms with van der Waals surface area (Å²) in [7, 11) is 1.67. The third-order valence-corrected chi connectivity index (χ3v) is 4.82. The zero-order valence-electron chi connectivity index (χ0n) is 15.2. The number of halogens is 4. The molecule has 8 heteroatoms. The number of pyridine rings is 1. The third kappa shape index (κ3) is 3.08. The van der Waals surface area contributed by atoms with Crippen LogP contribution in [0.4, 0.5) is 34.8 Å². The summed E-state index contributed by atoms with van der Waals surface area (Å²) in [6, 6.07) is 8.98. The summed E-state index contributed by atoms with van der Waals surface area (Å²) in [6.07, 6.45) is -4.16. The minimum absolute atomic E-state index is 0.120. The van der Waals surface area contributed by atoms with Crippen LogP contribution in [0, 0.1) is 12.7 Å². The Morgan fingerprint density at radius 1 is 1.18 bits per heavy atom. The number of fused-ring (bicyclic) bond motifs is 3. The Bertz CT molecular complexity index is 1070. The van der Waals surface area contributed by atoms with E-state index < -0.39 is 6.36 Å². The van der Waals surface area contributed by atoms with Crippen molar-refractivity contribution in [2.75, 3.05) is 23.8 Å². The molecular formula is C20H17F4N3O. The molecule has 1 aromatic heterocycles. The molecule has 1 aliphatic heterocycles. The summed E-state index contributed by atoms with van der Waals surface area (Å²) in [5.74, 6) is -0.188. The van der Waals surface area contributed by atoms with Gasteiger partial charge in [-0.3, -0.25) is 0 Å². The first-order valence-electron chi connectivity index (χ1n) is 8.71. The second-order valence-electron chi connectivity index (χ2n) is 6.57. The molecule has 28 heavy (non-hydrogen) atoms. The van der Waals surface area contributed by atoms with Crippen LogP contribution in [-0.4, -0.2) is 24.9 Å². The average molecular weight is 391 g/mol. The zero-order valence-corrected chi connectivity index (χ0v) is 15.2. The number of hydrogen-bond acceptors (Lipinski definition) is 4. The number of aromatic nitrogens is 1. The predicted molar refractivity (Wildman–Crippen MR) is 99.8 cm³/mol. The Kier molecular flexibility index (Phi) is 4.28. The fourth-order valence-electron chi connectivity index (χ4n) is 3.74. The quantitative estimate of drug-likeness (QED) is 0.614. The lowest BCUT2D eigenvalue weighted by Crippen LogP contribution is -2.18. The van der Waals surface area contributed by atoms with Crippen LogP contribution in [0.5, 0.6) is 5.75 Å². The van der Waals surface area contributed by atoms with Crippen molar-refractivity contribution < 1.29 is 22.3 Å². The highest BCUT2D eigenvalue weighted by molar-refractivity contribution is 6.02. The van der Waals surface area contributed by atoms with Crippen LogP contribution in [-0.2, 0) is 6.42 Å². The predicted octanol–water partition coefficient (Wildman–Crippen LogP) is 5.32. The summed E-state index contributed by atoms with van der Waals surface area (Å²) in [5, 5.41) is 3.52. The van der Waals surface area contributed by atoms with Crippen LogP contribution in [0.25, 0.3) is 10.9 Å². The molecule has 0 saturated carbocycles. The van der Waals surface area contributed by atoms with Gasteiger partial charge in [0.1, 0.15) is 17.2 Å². The van der Waals surface area contributed by atoms with E-state index in [4.69, 9.17) is 0 Å². The molecule has 146 valence electrons. The Balaban J connectivity index is 1.96. The highest BCUT2D eigenvalue weighted by Crippen LogP contribution is 2.45. The summed E-state index contributed by atoms with van der Waals surface area (Å²) >= 11 is 0. The maximum atomic E-state index is 13.6. The van der Waals surface area contributed by atoms with Crippen molar-refractivity contribution in [1.82, 2.24) is 4.98 Å². The van der Waals surface area contributed by atoms with E-state index in [-0.39, 0.29) is 17.1 Å². The molecule has 2 heterocycles. The summed E-state index contributed by atoms with van der Waals surface area (Å²) in [5.41, 5.74) is 3.33. The van der Waals surface area contributed by atoms with Gasteiger partial charge in [0.25, 0.3) is 0 Å². The molecule has 4 rings (SSSR count). The minimum Gasteiger partial charge on any atom is -0.403 e. The van der Waals surface area contributed by atoms with Crippen LogP contribution in [0.3, 0.4) is 0 Å². The highest BCUT2D eigenvalue weighted by Gasteiger charge is 2.34. The maximum Gasteiger partial charge on any atom is 0.573 e. The van der Waals surface area contributed by atoms with Crippen molar-refractivity contribution in [2.45, 2.75) is 19.7 Å². The standard InChI is InChI=1S/C20H17F4N3O/c1-11-10-12(21)6-7-15(11)27-9-8-14-18(27)13-4-3-5-16(28-20(22,23)24)17(13)26-19(14)25-2/h3-7,10H,8-9H2,1-2H3,(H,25,26). The van der Waals surface area contributed by atoms with Gasteiger partial charge in [0, 0.05) is 30.2 Å². The van der Waals surface area contributed by atoms with Crippen LogP contribution < -0.4 is 15.0 Å². The van der Waals surface area contributed by atoms with Crippen molar-refractivity contribution in [2.24, 2.45) is 0 Å². The van der Waals surface area contributed by atoms with E-state index in [0.29, 0.717) is 24.2 Å². The van der Waals surface area contributed by atoms with Crippen molar-refractivity contribution in [3.05, 3.63) is 53.3 Å². The monoisotopic (exact) mass is 391 g/mol. The molecule has 3 aromatic rings. The summed E-state index contributed by atoms with van der Waals surface area (Å²) < 4.78 is 56.3. The number of anilines is 3. The van der Waals surface area contributed by atoms with E-state index in [1.807, 2.05) is 4.90 Å². The molecule has 2 aromatic carbocycles. The molecule has 1 aliphatic rings. The van der Waals surface area contributed by atoms with Crippen molar-refractivity contribution in [3.63, 3.8) is 0 Å². The number of hydrogen-bond donors (Lipinski definition) is 1. The van der Waals surface area contributed by atoms with Crippen LogP contribution in [0.2, 0.25) is 0 Å². The van der Waals surface area contributed by atoms with Gasteiger partial charge in [-0.25, -0.2) is 9.37 Å². The van der Waals surface area contributed by atoms with Crippen LogP contribution in [0.15, 0.2) is 36.4 Å². The van der Waals surface area contributed by atoms with Crippen molar-refractivity contribution in [1.29, 1.82) is 0 Å². The third-order valence-electron chi connectivity index (χ3n) is 4.82. The van der Waals surface area contributed by atoms with Gasteiger partial charge in [-0.15, -0.1) is 13.2 Å². The first-order valence-corrected chi connectivity index (χ1v) is 8.71. The van der Waals surface area contributed by atoms with Gasteiger partial charge >= 0.3 is 6.36 Å². The molecule has 0 bridgehead atoms. The normalized spacial score (nSPS) is 13.7. The highest BCUT2D eigenvalue weighted by atomic mass is 19.4. The lowest BCUT2D eigenvalue weighted by atomic mass is 10.1. The number of benzene rings is 2. The summed E-state index contributed by atoms with van der Waals surface area (Å²) in [4.78, 5) is 6.38. The molecule has 0 saturated heterocycles. The fourth-order valence-corrected chi connectivity index (χ4v) is 3.74. The van der Waals surface area contributed by atoms with Gasteiger partial charge in [-0.05, 0) is 43.2 Å². The Labute approximate surface area is 158 Å². The number of aryl methyl sites for hydroxylation is 1. The van der Waals surface area contributed by atoms with Gasteiger partial charge in [0.05, 0.1) is 5.69 Å². The largest absolute Gasteiger partial charge is 0.573 e. The molecule has 1 N–H and O–H groups in total. The molecule has 4 nitrogen and oxygen atoms in total. The topological polar surface area (TPSA) is 37.4 Å². The van der Waals surface area contributed by atoms with E-state index >= 15 is 0 Å². The molecular weight excluding hydrogens is 374 g/mol. The van der Waals surface area contributed by atoms with Gasteiger partial charge < -0.3 is 15.0 Å². The Hall–Kier alpha value is -3.03. The summed E-state index contributed by atoms with van der Waals surface area (Å²) in [6.45, 7) is 2.42. The fraction of sp³-hybridized carbons (Fsp3) is 0.250. The molecule has 0 spiro atoms. The molecule has 0 amide bonds. The van der Waals surface area contributed by atoms with E-state index in [1.54, 1.807) is 26.1 Å². The van der Waals surface area contributed by atoms with E-state index in [0.717, 1.165) is 22.5 Å². The number of ether oxygens (including phenoxy) is 1. The molecule has 0 unspecified atom stereocenters. The van der Waals surface area contributed by atoms with Gasteiger partial charge in [-0.2, -0.15) is 0 Å². The first-order chi connectivity index (χ1) is 13.3. The SMILES string of the molecule is CNc1nc2c(OC(F)(F)F)cccc2c2c1CCN2c1ccc(F)cc1C. The molecule has 0 radical (unpaired) electrons. The Morgan fingerprint density at radius 3 is 2.64 bits per heavy atom. The van der Waals surface area contributed by atoms with E-state index in [1.165, 1.54) is 24.3 Å². The van der Waals surface area contributed by atoms with Crippen LogP contribution in [0.1, 0.15) is 11.1 Å². The van der Waals surface area contributed by atoms with E-state index in [9.17, 15) is 17.6 Å². The maximum absolute atomic E-state index is 13.6. The minimum atomic E-state index is -4.82. The number of alkyl halides is 3. The van der Waals surface area contributed by atoms with Gasteiger partial charge in [-0.1, -0.05) is 12.1 Å². The molecule has 0 atom stereocenters. The smallest absolute Gasteiger partial charge is 0.403 e. The number of rotatable bonds is 3. The number of nitrogens with one attached hydrogen (secondary N) is 1. The second-order valence-corrected chi connectivity index (χ2v) is 6.57. The van der Waals surface area contributed by atoms with Crippen molar-refractivity contribution in [3.8, 4) is 5.75 Å². The number of nitrogens with zero attached hydrogens (tertiary/aromatic N) is 2. The van der Waals surface area contributed by atoms with Crippen LogP contribution >= 0.6 is 0 Å². The molecule has 0 fully saturated rings. The van der Waals surface area contributed by atoms with Gasteiger partial charge in [0.15, 0.2) is 5.75 Å².